The quantitative estimate of drug-likeness (QED) is 0.147. The highest BCUT2D eigenvalue weighted by Gasteiger charge is 2.16. The Labute approximate surface area is 249 Å². The fraction of sp³-hybridized carbons (Fsp3) is 0.273. The van der Waals surface area contributed by atoms with Crippen molar-refractivity contribution < 1.29 is 22.7 Å². The normalized spacial score (nSPS) is 11.2. The molecule has 0 saturated heterocycles. The van der Waals surface area contributed by atoms with E-state index in [-0.39, 0.29) is 6.61 Å². The second kappa shape index (κ2) is 12.8. The third kappa shape index (κ3) is 6.69. The van der Waals surface area contributed by atoms with Crippen LogP contribution in [0.15, 0.2) is 86.5 Å². The van der Waals surface area contributed by atoms with Crippen LogP contribution in [0, 0.1) is 6.92 Å². The lowest BCUT2D eigenvalue weighted by Crippen LogP contribution is -2.03. The summed E-state index contributed by atoms with van der Waals surface area (Å²) in [6.07, 6.45) is 9.33. The van der Waals surface area contributed by atoms with E-state index in [0.717, 1.165) is 53.1 Å². The highest BCUT2D eigenvalue weighted by atomic mass is 16.5. The molecule has 0 bridgehead atoms. The molecule has 0 radical (unpaired) electrons. The van der Waals surface area contributed by atoms with E-state index in [0.29, 0.717) is 47.7 Å². The molecule has 0 atom stereocenters. The molecule has 0 unspecified atom stereocenters. The Kier molecular flexibility index (Phi) is 8.35. The Morgan fingerprint density at radius 3 is 2.60 bits per heavy atom. The van der Waals surface area contributed by atoms with Crippen molar-refractivity contribution in [1.82, 2.24) is 25.0 Å². The smallest absolute Gasteiger partial charge is 0.263 e. The van der Waals surface area contributed by atoms with Crippen LogP contribution in [0.2, 0.25) is 0 Å². The molecule has 0 amide bonds. The predicted octanol–water partition coefficient (Wildman–Crippen LogP) is 6.73. The van der Waals surface area contributed by atoms with E-state index in [2.05, 4.69) is 39.3 Å². The standard InChI is InChI=1S/C33H33N5O5/c1-4-7-31-36-37-32(43-31)14-11-24-19-34-38(20-24)26-12-13-29(25(18-26)16-23-8-5-9-27(17-23)39-3)41-21-28-22(2)42-33(35-28)30-10-6-15-40-30/h5-6,8-10,12-13,15,17-20H,4,7,11,14,16,21H2,1-3H3. The number of hydrogen-bond donors (Lipinski definition) is 0. The van der Waals surface area contributed by atoms with Crippen molar-refractivity contribution in [2.45, 2.75) is 52.6 Å². The topological polar surface area (TPSA) is 114 Å². The van der Waals surface area contributed by atoms with Gasteiger partial charge in [0.05, 0.1) is 25.3 Å². The van der Waals surface area contributed by atoms with Gasteiger partial charge in [-0.15, -0.1) is 10.2 Å². The van der Waals surface area contributed by atoms with E-state index in [4.69, 9.17) is 22.7 Å². The van der Waals surface area contributed by atoms with Crippen LogP contribution < -0.4 is 9.47 Å². The van der Waals surface area contributed by atoms with Crippen molar-refractivity contribution in [3.05, 3.63) is 113 Å². The number of benzene rings is 2. The van der Waals surface area contributed by atoms with Gasteiger partial charge < -0.3 is 22.7 Å². The number of furan rings is 1. The zero-order valence-electron chi connectivity index (χ0n) is 24.4. The van der Waals surface area contributed by atoms with E-state index in [9.17, 15) is 0 Å². The Balaban J connectivity index is 1.21. The summed E-state index contributed by atoms with van der Waals surface area (Å²) < 4.78 is 30.6. The lowest BCUT2D eigenvalue weighted by atomic mass is 10.0. The maximum atomic E-state index is 6.33. The zero-order valence-corrected chi connectivity index (χ0v) is 24.4. The lowest BCUT2D eigenvalue weighted by Gasteiger charge is -2.14. The summed E-state index contributed by atoms with van der Waals surface area (Å²) in [5.74, 6) is 4.59. The number of oxazole rings is 1. The molecule has 0 aliphatic heterocycles. The van der Waals surface area contributed by atoms with Gasteiger partial charge in [-0.25, -0.2) is 9.67 Å². The molecule has 10 nitrogen and oxygen atoms in total. The molecule has 0 aliphatic rings. The van der Waals surface area contributed by atoms with Crippen LogP contribution in [0.5, 0.6) is 11.5 Å². The minimum Gasteiger partial charge on any atom is -0.497 e. The van der Waals surface area contributed by atoms with Gasteiger partial charge in [0.1, 0.15) is 29.6 Å². The molecule has 6 aromatic rings. The van der Waals surface area contributed by atoms with Gasteiger partial charge in [-0.3, -0.25) is 0 Å². The minimum absolute atomic E-state index is 0.252. The zero-order chi connectivity index (χ0) is 29.6. The van der Waals surface area contributed by atoms with Crippen molar-refractivity contribution in [2.24, 2.45) is 0 Å². The molecular weight excluding hydrogens is 546 g/mol. The molecule has 0 aliphatic carbocycles. The molecule has 10 heteroatoms. The summed E-state index contributed by atoms with van der Waals surface area (Å²) in [7, 11) is 1.67. The second-order valence-corrected chi connectivity index (χ2v) is 10.2. The average Bonchev–Trinajstić information content (AvgIpc) is 3.84. The molecule has 4 heterocycles. The third-order valence-corrected chi connectivity index (χ3v) is 7.06. The van der Waals surface area contributed by atoms with E-state index in [1.165, 1.54) is 0 Å². The van der Waals surface area contributed by atoms with Crippen LogP contribution in [0.25, 0.3) is 17.3 Å². The number of hydrogen-bond acceptors (Lipinski definition) is 9. The van der Waals surface area contributed by atoms with Gasteiger partial charge in [-0.1, -0.05) is 19.1 Å². The van der Waals surface area contributed by atoms with Gasteiger partial charge in [0.25, 0.3) is 5.89 Å². The van der Waals surface area contributed by atoms with E-state index >= 15 is 0 Å². The van der Waals surface area contributed by atoms with Crippen LogP contribution >= 0.6 is 0 Å². The molecule has 0 spiro atoms. The minimum atomic E-state index is 0.252. The first-order valence-electron chi connectivity index (χ1n) is 14.3. The first-order valence-corrected chi connectivity index (χ1v) is 14.3. The highest BCUT2D eigenvalue weighted by Crippen LogP contribution is 2.29. The van der Waals surface area contributed by atoms with E-state index in [1.54, 1.807) is 19.4 Å². The summed E-state index contributed by atoms with van der Waals surface area (Å²) in [5.41, 5.74) is 4.82. The second-order valence-electron chi connectivity index (χ2n) is 10.2. The van der Waals surface area contributed by atoms with Crippen LogP contribution in [0.3, 0.4) is 0 Å². The van der Waals surface area contributed by atoms with Crippen LogP contribution in [0.1, 0.15) is 53.3 Å². The van der Waals surface area contributed by atoms with Gasteiger partial charge in [-0.05, 0) is 73.4 Å². The summed E-state index contributed by atoms with van der Waals surface area (Å²) in [5, 5.41) is 12.9. The monoisotopic (exact) mass is 579 g/mol. The van der Waals surface area contributed by atoms with Crippen molar-refractivity contribution in [3.63, 3.8) is 0 Å². The Morgan fingerprint density at radius 2 is 1.79 bits per heavy atom. The number of nitrogens with zero attached hydrogens (tertiary/aromatic N) is 5. The van der Waals surface area contributed by atoms with Crippen molar-refractivity contribution in [1.29, 1.82) is 0 Å². The van der Waals surface area contributed by atoms with Crippen LogP contribution in [-0.2, 0) is 32.3 Å². The van der Waals surface area contributed by atoms with Crippen LogP contribution in [-0.4, -0.2) is 32.1 Å². The van der Waals surface area contributed by atoms with Gasteiger partial charge in [-0.2, -0.15) is 5.10 Å². The molecular formula is C33H33N5O5. The molecule has 220 valence electrons. The first kappa shape index (κ1) is 28.0. The maximum Gasteiger partial charge on any atom is 0.263 e. The summed E-state index contributed by atoms with van der Waals surface area (Å²) in [6, 6.07) is 17.7. The third-order valence-electron chi connectivity index (χ3n) is 7.06. The van der Waals surface area contributed by atoms with Crippen LogP contribution in [0.4, 0.5) is 0 Å². The van der Waals surface area contributed by atoms with Gasteiger partial charge >= 0.3 is 0 Å². The van der Waals surface area contributed by atoms with Crippen molar-refractivity contribution in [3.8, 4) is 28.8 Å². The molecule has 43 heavy (non-hydrogen) atoms. The SMILES string of the molecule is CCCc1nnc(CCc2cnn(-c3ccc(OCc4nc(-c5ccco5)oc4C)c(Cc4cccc(OC)c4)c3)c2)o1. The summed E-state index contributed by atoms with van der Waals surface area (Å²) in [6.45, 7) is 4.22. The molecule has 6 rings (SSSR count). The van der Waals surface area contributed by atoms with Crippen molar-refractivity contribution in [2.75, 3.05) is 7.11 Å². The fourth-order valence-corrected chi connectivity index (χ4v) is 4.79. The number of rotatable bonds is 13. The van der Waals surface area contributed by atoms with E-state index in [1.807, 2.05) is 60.4 Å². The highest BCUT2D eigenvalue weighted by molar-refractivity contribution is 5.48. The van der Waals surface area contributed by atoms with Crippen molar-refractivity contribution >= 4 is 0 Å². The van der Waals surface area contributed by atoms with Gasteiger partial charge in [0, 0.05) is 31.0 Å². The first-order chi connectivity index (χ1) is 21.1. The number of aryl methyl sites for hydroxylation is 4. The molecule has 0 fully saturated rings. The Hall–Kier alpha value is -5.12. The Morgan fingerprint density at radius 1 is 0.907 bits per heavy atom. The summed E-state index contributed by atoms with van der Waals surface area (Å²) in [4.78, 5) is 4.59. The molecule has 4 aromatic heterocycles. The molecule has 2 aromatic carbocycles. The summed E-state index contributed by atoms with van der Waals surface area (Å²) >= 11 is 0. The largest absolute Gasteiger partial charge is 0.497 e. The molecule has 0 saturated carbocycles. The number of ether oxygens (including phenoxy) is 2. The van der Waals surface area contributed by atoms with E-state index < -0.39 is 0 Å². The fourth-order valence-electron chi connectivity index (χ4n) is 4.79. The number of aromatic nitrogens is 5. The predicted molar refractivity (Wildman–Crippen MR) is 158 cm³/mol. The maximum absolute atomic E-state index is 6.33. The lowest BCUT2D eigenvalue weighted by molar-refractivity contribution is 0.296. The Bertz CT molecular complexity index is 1780. The van der Waals surface area contributed by atoms with Gasteiger partial charge in [0.15, 0.2) is 5.76 Å². The number of methoxy groups -OCH3 is 1. The molecule has 0 N–H and O–H groups in total. The van der Waals surface area contributed by atoms with Gasteiger partial charge in [0.2, 0.25) is 11.8 Å². The average molecular weight is 580 g/mol.